The number of hydrogen-bond donors (Lipinski definition) is 1. The van der Waals surface area contributed by atoms with Crippen molar-refractivity contribution in [3.05, 3.63) is 29.6 Å². The Bertz CT molecular complexity index is 202. The number of aromatic nitrogens is 1. The number of fused-ring (bicyclic) bond motifs is 1. The summed E-state index contributed by atoms with van der Waals surface area (Å²) in [4.78, 5) is 4.20. The zero-order chi connectivity index (χ0) is 6.10. The normalized spacial score (nSPS) is 14.0. The van der Waals surface area contributed by atoms with E-state index in [1.54, 1.807) is 0 Å². The lowest BCUT2D eigenvalue weighted by atomic mass is 10.2. The van der Waals surface area contributed by atoms with Gasteiger partial charge in [-0.3, -0.25) is 4.98 Å². The van der Waals surface area contributed by atoms with Gasteiger partial charge in [-0.15, -0.1) is 12.4 Å². The Morgan fingerprint density at radius 2 is 2.30 bits per heavy atom. The van der Waals surface area contributed by atoms with Crippen molar-refractivity contribution in [1.29, 1.82) is 0 Å². The molecule has 0 bridgehead atoms. The van der Waals surface area contributed by atoms with Crippen LogP contribution >= 0.6 is 12.4 Å². The number of hydrogen-bond acceptors (Lipinski definition) is 2. The zero-order valence-corrected chi connectivity index (χ0v) is 6.32. The lowest BCUT2D eigenvalue weighted by Crippen LogP contribution is -2.00. The molecule has 1 N–H and O–H groups in total. The second kappa shape index (κ2) is 2.99. The van der Waals surface area contributed by atoms with Crippen LogP contribution in [0.4, 0.5) is 0 Å². The van der Waals surface area contributed by atoms with Crippen molar-refractivity contribution in [2.45, 2.75) is 13.1 Å². The molecule has 1 aliphatic rings. The SMILES string of the molecule is Cl.c1cnc2c(c1)CNC2. The second-order valence-corrected chi connectivity index (χ2v) is 2.21. The van der Waals surface area contributed by atoms with Gasteiger partial charge in [-0.25, -0.2) is 0 Å². The largest absolute Gasteiger partial charge is 0.307 e. The van der Waals surface area contributed by atoms with Crippen LogP contribution in [0.3, 0.4) is 0 Å². The first-order valence-electron chi connectivity index (χ1n) is 3.10. The molecule has 2 rings (SSSR count). The fourth-order valence-electron chi connectivity index (χ4n) is 1.11. The quantitative estimate of drug-likeness (QED) is 0.609. The number of halogens is 1. The molecule has 0 radical (unpaired) electrons. The van der Waals surface area contributed by atoms with Gasteiger partial charge >= 0.3 is 0 Å². The van der Waals surface area contributed by atoms with Gasteiger partial charge in [0, 0.05) is 19.3 Å². The Morgan fingerprint density at radius 3 is 3.10 bits per heavy atom. The maximum Gasteiger partial charge on any atom is 0.0586 e. The van der Waals surface area contributed by atoms with E-state index >= 15 is 0 Å². The molecule has 0 aromatic carbocycles. The summed E-state index contributed by atoms with van der Waals surface area (Å²) in [5.74, 6) is 0. The first kappa shape index (κ1) is 7.51. The van der Waals surface area contributed by atoms with Gasteiger partial charge in [-0.2, -0.15) is 0 Å². The van der Waals surface area contributed by atoms with E-state index in [0.717, 1.165) is 13.1 Å². The third kappa shape index (κ3) is 1.13. The van der Waals surface area contributed by atoms with Gasteiger partial charge in [0.2, 0.25) is 0 Å². The molecule has 0 atom stereocenters. The Labute approximate surface area is 66.1 Å². The molecule has 1 aliphatic heterocycles. The highest BCUT2D eigenvalue weighted by Crippen LogP contribution is 2.09. The predicted molar refractivity (Wildman–Crippen MR) is 42.0 cm³/mol. The minimum atomic E-state index is 0. The first-order valence-corrected chi connectivity index (χ1v) is 3.10. The Morgan fingerprint density at radius 1 is 1.40 bits per heavy atom. The maximum absolute atomic E-state index is 4.20. The summed E-state index contributed by atoms with van der Waals surface area (Å²) < 4.78 is 0. The highest BCUT2D eigenvalue weighted by Gasteiger charge is 2.07. The fraction of sp³-hybridized carbons (Fsp3) is 0.286. The standard InChI is InChI=1S/C7H8N2.ClH/c1-2-6-4-8-5-7(6)9-3-1;/h1-3,8H,4-5H2;1H. The average molecular weight is 157 g/mol. The van der Waals surface area contributed by atoms with Gasteiger partial charge in [-0.05, 0) is 11.6 Å². The molecule has 2 nitrogen and oxygen atoms in total. The van der Waals surface area contributed by atoms with Crippen LogP contribution in [-0.2, 0) is 13.1 Å². The average Bonchev–Trinajstić information content (AvgIpc) is 2.33. The van der Waals surface area contributed by atoms with Crippen molar-refractivity contribution >= 4 is 12.4 Å². The van der Waals surface area contributed by atoms with E-state index in [4.69, 9.17) is 0 Å². The van der Waals surface area contributed by atoms with Crippen LogP contribution in [0.5, 0.6) is 0 Å². The van der Waals surface area contributed by atoms with Crippen molar-refractivity contribution in [2.24, 2.45) is 0 Å². The molecule has 0 fully saturated rings. The van der Waals surface area contributed by atoms with E-state index in [-0.39, 0.29) is 12.4 Å². The van der Waals surface area contributed by atoms with Crippen molar-refractivity contribution in [3.63, 3.8) is 0 Å². The lowest BCUT2D eigenvalue weighted by molar-refractivity contribution is 0.757. The number of pyridine rings is 1. The van der Waals surface area contributed by atoms with Gasteiger partial charge in [0.25, 0.3) is 0 Å². The van der Waals surface area contributed by atoms with Gasteiger partial charge in [-0.1, -0.05) is 6.07 Å². The minimum Gasteiger partial charge on any atom is -0.307 e. The van der Waals surface area contributed by atoms with E-state index < -0.39 is 0 Å². The van der Waals surface area contributed by atoms with Gasteiger partial charge < -0.3 is 5.32 Å². The molecule has 0 unspecified atom stereocenters. The third-order valence-electron chi connectivity index (χ3n) is 1.59. The molecule has 0 saturated carbocycles. The molecule has 54 valence electrons. The van der Waals surface area contributed by atoms with E-state index in [1.807, 2.05) is 12.3 Å². The summed E-state index contributed by atoms with van der Waals surface area (Å²) in [7, 11) is 0. The molecule has 3 heteroatoms. The minimum absolute atomic E-state index is 0. The fourth-order valence-corrected chi connectivity index (χ4v) is 1.11. The Balaban J connectivity index is 0.000000500. The summed E-state index contributed by atoms with van der Waals surface area (Å²) >= 11 is 0. The van der Waals surface area contributed by atoms with Crippen molar-refractivity contribution < 1.29 is 0 Å². The maximum atomic E-state index is 4.20. The van der Waals surface area contributed by atoms with Crippen molar-refractivity contribution in [3.8, 4) is 0 Å². The number of rotatable bonds is 0. The topological polar surface area (TPSA) is 24.9 Å². The lowest BCUT2D eigenvalue weighted by Gasteiger charge is -1.90. The highest BCUT2D eigenvalue weighted by atomic mass is 35.5. The summed E-state index contributed by atoms with van der Waals surface area (Å²) in [6.07, 6.45) is 1.84. The van der Waals surface area contributed by atoms with Crippen molar-refractivity contribution in [2.75, 3.05) is 0 Å². The van der Waals surface area contributed by atoms with Crippen LogP contribution in [-0.4, -0.2) is 4.98 Å². The molecule has 0 amide bonds. The Hall–Kier alpha value is -0.600. The molecule has 2 heterocycles. The molecular weight excluding hydrogens is 148 g/mol. The summed E-state index contributed by atoms with van der Waals surface area (Å²) in [6, 6.07) is 4.09. The second-order valence-electron chi connectivity index (χ2n) is 2.21. The van der Waals surface area contributed by atoms with E-state index in [0.29, 0.717) is 0 Å². The molecule has 1 aromatic heterocycles. The van der Waals surface area contributed by atoms with Gasteiger partial charge in [0.05, 0.1) is 5.69 Å². The van der Waals surface area contributed by atoms with Crippen LogP contribution in [0, 0.1) is 0 Å². The smallest absolute Gasteiger partial charge is 0.0586 e. The summed E-state index contributed by atoms with van der Waals surface area (Å²) in [5.41, 5.74) is 2.55. The van der Waals surface area contributed by atoms with E-state index in [2.05, 4.69) is 16.4 Å². The van der Waals surface area contributed by atoms with Crippen LogP contribution in [0.2, 0.25) is 0 Å². The summed E-state index contributed by atoms with van der Waals surface area (Å²) in [5, 5.41) is 3.23. The molecular formula is C7H9ClN2. The molecule has 0 spiro atoms. The number of nitrogens with zero attached hydrogens (tertiary/aromatic N) is 1. The van der Waals surface area contributed by atoms with Crippen LogP contribution in [0.1, 0.15) is 11.3 Å². The van der Waals surface area contributed by atoms with Crippen molar-refractivity contribution in [1.82, 2.24) is 10.3 Å². The van der Waals surface area contributed by atoms with E-state index in [9.17, 15) is 0 Å². The van der Waals surface area contributed by atoms with Crippen LogP contribution in [0.25, 0.3) is 0 Å². The molecule has 0 saturated heterocycles. The zero-order valence-electron chi connectivity index (χ0n) is 5.50. The van der Waals surface area contributed by atoms with Gasteiger partial charge in [0.15, 0.2) is 0 Å². The first-order chi connectivity index (χ1) is 4.47. The van der Waals surface area contributed by atoms with Crippen LogP contribution in [0.15, 0.2) is 18.3 Å². The molecule has 1 aromatic rings. The van der Waals surface area contributed by atoms with E-state index in [1.165, 1.54) is 11.3 Å². The Kier molecular flexibility index (Phi) is 2.25. The summed E-state index contributed by atoms with van der Waals surface area (Å²) in [6.45, 7) is 1.93. The third-order valence-corrected chi connectivity index (χ3v) is 1.59. The number of nitrogens with one attached hydrogen (secondary N) is 1. The highest BCUT2D eigenvalue weighted by molar-refractivity contribution is 5.85. The molecule has 10 heavy (non-hydrogen) atoms. The predicted octanol–water partition coefficient (Wildman–Crippen LogP) is 1.11. The monoisotopic (exact) mass is 156 g/mol. The van der Waals surface area contributed by atoms with Gasteiger partial charge in [0.1, 0.15) is 0 Å². The van der Waals surface area contributed by atoms with Crippen LogP contribution < -0.4 is 5.32 Å². The molecule has 0 aliphatic carbocycles.